The summed E-state index contributed by atoms with van der Waals surface area (Å²) in [7, 11) is 1.94. The van der Waals surface area contributed by atoms with Crippen LogP contribution in [0.3, 0.4) is 0 Å². The molecule has 1 aliphatic heterocycles. The Balaban J connectivity index is 1.49. The molecule has 0 spiro atoms. The van der Waals surface area contributed by atoms with Crippen molar-refractivity contribution in [2.75, 3.05) is 18.0 Å². The second kappa shape index (κ2) is 7.71. The van der Waals surface area contributed by atoms with Crippen molar-refractivity contribution in [2.24, 2.45) is 7.05 Å². The van der Waals surface area contributed by atoms with Gasteiger partial charge in [0.05, 0.1) is 34.6 Å². The van der Waals surface area contributed by atoms with Gasteiger partial charge in [0.1, 0.15) is 5.65 Å². The van der Waals surface area contributed by atoms with E-state index in [1.54, 1.807) is 29.0 Å². The molecule has 0 unspecified atom stereocenters. The standard InChI is InChI=1S/C23H20Cl2N4O2/c1-27-13-19(18-8-16(9-26-23(18)27)29-11-17(30)12-29)15-4-5-28(22(31)7-15)10-14-2-3-20(24)21(25)6-14/h2-9,13,17,30H,10-12H2,1H3. The van der Waals surface area contributed by atoms with Gasteiger partial charge in [-0.05, 0) is 35.4 Å². The first-order valence-corrected chi connectivity index (χ1v) is 10.7. The lowest BCUT2D eigenvalue weighted by Crippen LogP contribution is -2.50. The predicted octanol–water partition coefficient (Wildman–Crippen LogP) is 3.94. The highest BCUT2D eigenvalue weighted by atomic mass is 35.5. The van der Waals surface area contributed by atoms with Crippen molar-refractivity contribution in [2.45, 2.75) is 12.6 Å². The van der Waals surface area contributed by atoms with Crippen molar-refractivity contribution in [1.29, 1.82) is 0 Å². The number of benzene rings is 1. The number of nitrogens with zero attached hydrogens (tertiary/aromatic N) is 4. The fourth-order valence-electron chi connectivity index (χ4n) is 3.96. The zero-order valence-corrected chi connectivity index (χ0v) is 18.3. The number of β-amino-alcohol motifs (C(OH)–C–C–N with tert-alkyl or cyclic N) is 1. The normalized spacial score (nSPS) is 14.3. The summed E-state index contributed by atoms with van der Waals surface area (Å²) in [5.74, 6) is 0. The molecule has 0 bridgehead atoms. The van der Waals surface area contributed by atoms with E-state index in [9.17, 15) is 9.90 Å². The Morgan fingerprint density at radius 2 is 1.94 bits per heavy atom. The van der Waals surface area contributed by atoms with Gasteiger partial charge in [0, 0.05) is 49.5 Å². The van der Waals surface area contributed by atoms with Gasteiger partial charge in [-0.2, -0.15) is 0 Å². The lowest BCUT2D eigenvalue weighted by molar-refractivity contribution is 0.142. The van der Waals surface area contributed by atoms with Crippen LogP contribution in [0.15, 0.2) is 59.8 Å². The molecule has 1 aromatic carbocycles. The van der Waals surface area contributed by atoms with Crippen molar-refractivity contribution >= 4 is 39.9 Å². The molecule has 0 aliphatic carbocycles. The zero-order valence-electron chi connectivity index (χ0n) is 16.8. The highest BCUT2D eigenvalue weighted by Gasteiger charge is 2.25. The number of halogens is 2. The number of hydrogen-bond acceptors (Lipinski definition) is 4. The molecule has 1 N–H and O–H groups in total. The number of fused-ring (bicyclic) bond motifs is 1. The highest BCUT2D eigenvalue weighted by Crippen LogP contribution is 2.32. The minimum Gasteiger partial charge on any atom is -0.389 e. The molecule has 6 nitrogen and oxygen atoms in total. The largest absolute Gasteiger partial charge is 0.389 e. The molecule has 158 valence electrons. The molecule has 31 heavy (non-hydrogen) atoms. The number of anilines is 1. The molecular weight excluding hydrogens is 435 g/mol. The first-order chi connectivity index (χ1) is 14.9. The van der Waals surface area contributed by atoms with Crippen LogP contribution in [0, 0.1) is 0 Å². The molecule has 0 radical (unpaired) electrons. The fraction of sp³-hybridized carbons (Fsp3) is 0.217. The smallest absolute Gasteiger partial charge is 0.251 e. The molecule has 0 amide bonds. The second-order valence-corrected chi connectivity index (χ2v) is 8.72. The third-order valence-electron chi connectivity index (χ3n) is 5.67. The van der Waals surface area contributed by atoms with Gasteiger partial charge in [-0.15, -0.1) is 0 Å². The second-order valence-electron chi connectivity index (χ2n) is 7.91. The molecule has 3 aromatic heterocycles. The topological polar surface area (TPSA) is 63.3 Å². The molecule has 1 aliphatic rings. The lowest BCUT2D eigenvalue weighted by atomic mass is 10.1. The summed E-state index contributed by atoms with van der Waals surface area (Å²) in [5.41, 5.74) is 4.41. The van der Waals surface area contributed by atoms with Gasteiger partial charge in [0.2, 0.25) is 0 Å². The Morgan fingerprint density at radius 3 is 2.65 bits per heavy atom. The Labute approximate surface area is 188 Å². The van der Waals surface area contributed by atoms with Crippen LogP contribution in [-0.4, -0.2) is 38.4 Å². The fourth-order valence-corrected chi connectivity index (χ4v) is 4.28. The Morgan fingerprint density at radius 1 is 1.13 bits per heavy atom. The maximum atomic E-state index is 12.8. The predicted molar refractivity (Wildman–Crippen MR) is 124 cm³/mol. The Kier molecular flexibility index (Phi) is 5.01. The van der Waals surface area contributed by atoms with E-state index in [0.717, 1.165) is 33.4 Å². The summed E-state index contributed by atoms with van der Waals surface area (Å²) in [6, 6.07) is 11.0. The van der Waals surface area contributed by atoms with Crippen LogP contribution in [0.25, 0.3) is 22.2 Å². The SMILES string of the molecule is Cn1cc(-c2ccn(Cc3ccc(Cl)c(Cl)c3)c(=O)c2)c2cc(N3CC(O)C3)cnc21. The van der Waals surface area contributed by atoms with Crippen molar-refractivity contribution in [3.63, 3.8) is 0 Å². The number of rotatable bonds is 4. The maximum absolute atomic E-state index is 12.8. The minimum atomic E-state index is -0.283. The van der Waals surface area contributed by atoms with E-state index < -0.39 is 0 Å². The molecule has 4 heterocycles. The van der Waals surface area contributed by atoms with Crippen LogP contribution in [0.4, 0.5) is 5.69 Å². The average molecular weight is 455 g/mol. The summed E-state index contributed by atoms with van der Waals surface area (Å²) in [6.45, 7) is 1.63. The highest BCUT2D eigenvalue weighted by molar-refractivity contribution is 6.42. The Bertz CT molecular complexity index is 1360. The molecule has 4 aromatic rings. The third-order valence-corrected chi connectivity index (χ3v) is 6.41. The van der Waals surface area contributed by atoms with Crippen LogP contribution >= 0.6 is 23.2 Å². The molecule has 1 saturated heterocycles. The van der Waals surface area contributed by atoms with Gasteiger partial charge < -0.3 is 19.1 Å². The third kappa shape index (κ3) is 3.71. The number of hydrogen-bond donors (Lipinski definition) is 1. The van der Waals surface area contributed by atoms with Gasteiger partial charge in [-0.25, -0.2) is 4.98 Å². The van der Waals surface area contributed by atoms with Crippen LogP contribution < -0.4 is 10.5 Å². The summed E-state index contributed by atoms with van der Waals surface area (Å²) < 4.78 is 3.60. The van der Waals surface area contributed by atoms with Gasteiger partial charge in [-0.3, -0.25) is 4.79 Å². The van der Waals surface area contributed by atoms with Crippen molar-refractivity contribution in [3.05, 3.63) is 81.0 Å². The first kappa shape index (κ1) is 20.1. The Hall–Kier alpha value is -2.80. The van der Waals surface area contributed by atoms with Crippen LogP contribution in [0.5, 0.6) is 0 Å². The van der Waals surface area contributed by atoms with Gasteiger partial charge in [0.25, 0.3) is 5.56 Å². The maximum Gasteiger partial charge on any atom is 0.251 e. The van der Waals surface area contributed by atoms with Crippen molar-refractivity contribution in [3.8, 4) is 11.1 Å². The van der Waals surface area contributed by atoms with Crippen molar-refractivity contribution < 1.29 is 5.11 Å². The van der Waals surface area contributed by atoms with Crippen LogP contribution in [0.2, 0.25) is 10.0 Å². The van der Waals surface area contributed by atoms with E-state index >= 15 is 0 Å². The quantitative estimate of drug-likeness (QED) is 0.507. The number of pyridine rings is 2. The van der Waals surface area contributed by atoms with E-state index in [1.165, 1.54) is 0 Å². The van der Waals surface area contributed by atoms with Crippen LogP contribution in [-0.2, 0) is 13.6 Å². The summed E-state index contributed by atoms with van der Waals surface area (Å²) >= 11 is 12.1. The minimum absolute atomic E-state index is 0.101. The summed E-state index contributed by atoms with van der Waals surface area (Å²) in [4.78, 5) is 19.5. The van der Waals surface area contributed by atoms with Gasteiger partial charge in [0.15, 0.2) is 0 Å². The van der Waals surface area contributed by atoms with E-state index in [2.05, 4.69) is 16.0 Å². The molecule has 8 heteroatoms. The van der Waals surface area contributed by atoms with Gasteiger partial charge >= 0.3 is 0 Å². The van der Waals surface area contributed by atoms with E-state index in [-0.39, 0.29) is 11.7 Å². The average Bonchev–Trinajstić information content (AvgIpc) is 3.06. The number of aliphatic hydroxyl groups is 1. The van der Waals surface area contributed by atoms with Crippen molar-refractivity contribution in [1.82, 2.24) is 14.1 Å². The van der Waals surface area contributed by atoms with E-state index in [4.69, 9.17) is 23.2 Å². The van der Waals surface area contributed by atoms with Crippen LogP contribution in [0.1, 0.15) is 5.56 Å². The molecule has 0 atom stereocenters. The molecule has 0 saturated carbocycles. The van der Waals surface area contributed by atoms with Gasteiger partial charge in [-0.1, -0.05) is 29.3 Å². The molecular formula is C23H20Cl2N4O2. The lowest BCUT2D eigenvalue weighted by Gasteiger charge is -2.37. The molecule has 5 rings (SSSR count). The zero-order chi connectivity index (χ0) is 21.7. The summed E-state index contributed by atoms with van der Waals surface area (Å²) in [5, 5.41) is 11.5. The monoisotopic (exact) mass is 454 g/mol. The number of aryl methyl sites for hydroxylation is 1. The number of aromatic nitrogens is 3. The molecule has 1 fully saturated rings. The number of aliphatic hydroxyl groups excluding tert-OH is 1. The van der Waals surface area contributed by atoms with E-state index in [0.29, 0.717) is 29.7 Å². The first-order valence-electron chi connectivity index (χ1n) is 9.92. The summed E-state index contributed by atoms with van der Waals surface area (Å²) in [6.07, 6.45) is 5.33. The van der Waals surface area contributed by atoms with E-state index in [1.807, 2.05) is 36.1 Å².